The molecule has 3 aromatic carbocycles. The maximum atomic E-state index is 15.3. The molecule has 4 aliphatic rings. The number of nitrogens with zero attached hydrogens (tertiary/aromatic N) is 6. The fourth-order valence-corrected chi connectivity index (χ4v) is 9.85. The summed E-state index contributed by atoms with van der Waals surface area (Å²) in [6, 6.07) is 20.0. The Bertz CT molecular complexity index is 2880. The highest BCUT2D eigenvalue weighted by molar-refractivity contribution is 6.23. The highest BCUT2D eigenvalue weighted by Crippen LogP contribution is 2.35. The number of carbonyl (C=O) groups is 6. The number of nitrogens with one attached hydrogen (secondary N) is 5. The largest absolute Gasteiger partial charge is 0.494 e. The first kappa shape index (κ1) is 54.9. The molecule has 20 nitrogen and oxygen atoms in total. The van der Waals surface area contributed by atoms with E-state index in [-0.39, 0.29) is 66.5 Å². The number of H-pyrrole nitrogens is 1. The summed E-state index contributed by atoms with van der Waals surface area (Å²) in [4.78, 5) is 88.5. The van der Waals surface area contributed by atoms with Crippen LogP contribution >= 0.6 is 12.4 Å². The number of rotatable bonds is 22. The maximum absolute atomic E-state index is 15.3. The van der Waals surface area contributed by atoms with E-state index in [9.17, 15) is 28.8 Å². The molecule has 0 saturated carbocycles. The van der Waals surface area contributed by atoms with Crippen LogP contribution < -0.4 is 30.9 Å². The van der Waals surface area contributed by atoms with Crippen molar-refractivity contribution in [3.8, 4) is 17.1 Å². The Labute approximate surface area is 445 Å². The molecule has 3 saturated heterocycles. The third-order valence-electron chi connectivity index (χ3n) is 14.0. The number of carbonyl (C=O) groups excluding carboxylic acids is 6. The van der Waals surface area contributed by atoms with Crippen LogP contribution in [0.2, 0.25) is 0 Å². The molecule has 5 N–H and O–H groups in total. The van der Waals surface area contributed by atoms with Crippen LogP contribution in [-0.4, -0.2) is 144 Å². The monoisotopic (exact) mass is 1060 g/mol. The summed E-state index contributed by atoms with van der Waals surface area (Å²) < 4.78 is 32.8. The number of piperidine rings is 2. The minimum absolute atomic E-state index is 0. The highest BCUT2D eigenvalue weighted by Gasteiger charge is 2.45. The Morgan fingerprint density at radius 3 is 2.33 bits per heavy atom. The smallest absolute Gasteiger partial charge is 0.262 e. The number of ether oxygens (including phenoxy) is 3. The molecule has 6 amide bonds. The zero-order chi connectivity index (χ0) is 52.3. The zero-order valence-electron chi connectivity index (χ0n) is 42.3. The maximum Gasteiger partial charge on any atom is 0.262 e. The fourth-order valence-electron chi connectivity index (χ4n) is 9.85. The van der Waals surface area contributed by atoms with Crippen molar-refractivity contribution in [1.82, 2.24) is 45.9 Å². The van der Waals surface area contributed by atoms with E-state index in [1.165, 1.54) is 6.07 Å². The summed E-state index contributed by atoms with van der Waals surface area (Å²) in [7, 11) is 0. The minimum atomic E-state index is -1.14. The van der Waals surface area contributed by atoms with Crippen LogP contribution in [0.3, 0.4) is 0 Å². The van der Waals surface area contributed by atoms with Gasteiger partial charge in [-0.25, -0.2) is 4.39 Å². The SMILES string of the molecule is C[C@@H](NC(=O)c1cccc(NC2(c3nnc(-c4ccncc4)[nH]3)CCNCC2)c1)c1cccc(OCCCCCOCCCOCC(=O)N2CCN(c3cc4c(cc3F)C(=O)N(C3CCC(=O)NC3=O)C4=O)CC2)c1.Cl. The molecule has 3 fully saturated rings. The predicted octanol–water partition coefficient (Wildman–Crippen LogP) is 5.33. The molecule has 5 aromatic rings. The first-order valence-corrected chi connectivity index (χ1v) is 25.7. The lowest BCUT2D eigenvalue weighted by Crippen LogP contribution is -2.54. The summed E-state index contributed by atoms with van der Waals surface area (Å²) in [5.41, 5.74) is 2.67. The highest BCUT2D eigenvalue weighted by atomic mass is 35.5. The second kappa shape index (κ2) is 25.5. The van der Waals surface area contributed by atoms with Crippen molar-refractivity contribution in [3.63, 3.8) is 0 Å². The van der Waals surface area contributed by atoms with E-state index >= 15 is 4.39 Å². The molecule has 0 spiro atoms. The summed E-state index contributed by atoms with van der Waals surface area (Å²) in [6.45, 7) is 6.67. The number of piperazine rings is 1. The van der Waals surface area contributed by atoms with Crippen LogP contribution in [0.5, 0.6) is 5.75 Å². The van der Waals surface area contributed by atoms with Crippen molar-refractivity contribution >= 4 is 59.2 Å². The van der Waals surface area contributed by atoms with Gasteiger partial charge >= 0.3 is 0 Å². The Hall–Kier alpha value is -7.33. The third-order valence-corrected chi connectivity index (χ3v) is 14.0. The van der Waals surface area contributed by atoms with Gasteiger partial charge in [-0.15, -0.1) is 22.6 Å². The van der Waals surface area contributed by atoms with Crippen molar-refractivity contribution in [2.75, 3.05) is 82.5 Å². The van der Waals surface area contributed by atoms with Crippen molar-refractivity contribution < 1.29 is 47.4 Å². The number of amides is 6. The number of hydrogen-bond donors (Lipinski definition) is 5. The van der Waals surface area contributed by atoms with E-state index in [4.69, 9.17) is 14.2 Å². The Kier molecular flexibility index (Phi) is 18.4. The Morgan fingerprint density at radius 2 is 1.55 bits per heavy atom. The van der Waals surface area contributed by atoms with Crippen LogP contribution in [0.15, 0.2) is 85.2 Å². The molecule has 4 aliphatic heterocycles. The number of unbranched alkanes of at least 4 members (excludes halogenated alkanes) is 2. The molecule has 1 unspecified atom stereocenters. The molecule has 2 atom stereocenters. The number of hydrogen-bond acceptors (Lipinski definition) is 15. The molecule has 76 heavy (non-hydrogen) atoms. The second-order valence-electron chi connectivity index (χ2n) is 19.2. The minimum Gasteiger partial charge on any atom is -0.494 e. The van der Waals surface area contributed by atoms with Crippen molar-refractivity contribution in [2.45, 2.75) is 75.9 Å². The molecule has 22 heteroatoms. The van der Waals surface area contributed by atoms with Gasteiger partial charge in [0.05, 0.1) is 35.0 Å². The first-order chi connectivity index (χ1) is 36.5. The zero-order valence-corrected chi connectivity index (χ0v) is 43.1. The van der Waals surface area contributed by atoms with E-state index in [0.717, 1.165) is 84.5 Å². The number of aromatic amines is 1. The van der Waals surface area contributed by atoms with Gasteiger partial charge in [0.25, 0.3) is 17.7 Å². The number of halogens is 2. The average molecular weight is 1060 g/mol. The number of fused-ring (bicyclic) bond motifs is 1. The molecule has 0 bridgehead atoms. The topological polar surface area (TPSA) is 242 Å². The molecular formula is C54H63ClFN11O9. The van der Waals surface area contributed by atoms with Crippen LogP contribution in [0.1, 0.15) is 107 Å². The molecule has 2 aromatic heterocycles. The number of anilines is 2. The summed E-state index contributed by atoms with van der Waals surface area (Å²) in [5.74, 6) is -1.61. The van der Waals surface area contributed by atoms with Gasteiger partial charge in [0.15, 0.2) is 11.6 Å². The average Bonchev–Trinajstić information content (AvgIpc) is 4.04. The summed E-state index contributed by atoms with van der Waals surface area (Å²) >= 11 is 0. The summed E-state index contributed by atoms with van der Waals surface area (Å²) in [5, 5.41) is 21.4. The molecule has 402 valence electrons. The molecule has 6 heterocycles. The standard InChI is InChI=1S/C54H62FN11O9.ClH/c1-35(58-49(69)38-9-5-10-39(30-38)61-54(16-20-57-21-17-54)53-60-48(62-63-53)36-14-18-56-19-15-36)37-8-6-11-40(31-37)75-29-4-2-3-26-73-27-7-28-74-34-47(68)65-24-22-64(23-25-65)45-33-42-41(32-43(45)55)51(71)66(52(42)72)44-12-13-46(67)59-50(44)70;/h5-6,8-11,14-15,18-19,30-33,35,44,57,61H,2-4,7,12-13,16-17,20-29,34H2,1H3,(H,58,69)(H,59,67,70)(H,60,62,63);1H/t35-,44?;/m1./s1. The predicted molar refractivity (Wildman–Crippen MR) is 280 cm³/mol. The van der Waals surface area contributed by atoms with Crippen LogP contribution in [-0.2, 0) is 29.4 Å². The van der Waals surface area contributed by atoms with Gasteiger partial charge in [-0.2, -0.15) is 0 Å². The van der Waals surface area contributed by atoms with Gasteiger partial charge in [0.2, 0.25) is 17.7 Å². The number of pyridine rings is 1. The quantitative estimate of drug-likeness (QED) is 0.0435. The molecule has 9 rings (SSSR count). The van der Waals surface area contributed by atoms with E-state index < -0.39 is 41.0 Å². The molecular weight excluding hydrogens is 1000 g/mol. The van der Waals surface area contributed by atoms with Crippen LogP contribution in [0.25, 0.3) is 11.4 Å². The van der Waals surface area contributed by atoms with E-state index in [1.54, 1.807) is 22.2 Å². The van der Waals surface area contributed by atoms with Gasteiger partial charge in [0.1, 0.15) is 24.2 Å². The van der Waals surface area contributed by atoms with E-state index in [0.29, 0.717) is 70.4 Å². The van der Waals surface area contributed by atoms with Gasteiger partial charge < -0.3 is 44.9 Å². The second-order valence-corrected chi connectivity index (χ2v) is 19.2. The lowest BCUT2D eigenvalue weighted by molar-refractivity contribution is -0.137. The van der Waals surface area contributed by atoms with Crippen molar-refractivity contribution in [3.05, 3.63) is 119 Å². The molecule has 0 radical (unpaired) electrons. The summed E-state index contributed by atoms with van der Waals surface area (Å²) in [6.07, 6.45) is 8.25. The number of aromatic nitrogens is 4. The van der Waals surface area contributed by atoms with E-state index in [1.807, 2.05) is 67.6 Å². The fraction of sp³-hybridized carbons (Fsp3) is 0.426. The lowest BCUT2D eigenvalue weighted by Gasteiger charge is -2.37. The Balaban J connectivity index is 0.00000765. The van der Waals surface area contributed by atoms with Gasteiger partial charge in [0, 0.05) is 81.6 Å². The lowest BCUT2D eigenvalue weighted by atomic mass is 9.87. The van der Waals surface area contributed by atoms with Crippen LogP contribution in [0, 0.1) is 5.82 Å². The van der Waals surface area contributed by atoms with Gasteiger partial charge in [-0.3, -0.25) is 44.0 Å². The normalized spacial score (nSPS) is 17.7. The van der Waals surface area contributed by atoms with Crippen molar-refractivity contribution in [2.24, 2.45) is 0 Å². The van der Waals surface area contributed by atoms with Gasteiger partial charge in [-0.1, -0.05) is 18.2 Å². The number of imide groups is 2. The number of benzene rings is 3. The van der Waals surface area contributed by atoms with Gasteiger partial charge in [-0.05, 0) is 125 Å². The van der Waals surface area contributed by atoms with Crippen molar-refractivity contribution in [1.29, 1.82) is 0 Å². The first-order valence-electron chi connectivity index (χ1n) is 25.7. The van der Waals surface area contributed by atoms with Crippen LogP contribution in [0.4, 0.5) is 15.8 Å². The van der Waals surface area contributed by atoms with E-state index in [2.05, 4.69) is 41.4 Å². The third kappa shape index (κ3) is 13.0. The Morgan fingerprint density at radius 1 is 0.829 bits per heavy atom. The molecule has 0 aliphatic carbocycles.